The maximum absolute atomic E-state index is 13.1. The molecule has 1 heterocycles. The van der Waals surface area contributed by atoms with Crippen LogP contribution in [-0.4, -0.2) is 10.2 Å². The summed E-state index contributed by atoms with van der Waals surface area (Å²) in [5.41, 5.74) is 2.95. The van der Waals surface area contributed by atoms with Crippen LogP contribution in [-0.2, 0) is 0 Å². The van der Waals surface area contributed by atoms with Crippen LogP contribution in [0.5, 0.6) is 0 Å². The second kappa shape index (κ2) is 5.12. The number of hydrogen-bond acceptors (Lipinski definition) is 5. The van der Waals surface area contributed by atoms with Gasteiger partial charge in [0.1, 0.15) is 17.7 Å². The highest BCUT2D eigenvalue weighted by molar-refractivity contribution is 5.61. The number of nitrogens with zero attached hydrogens (tertiary/aromatic N) is 2. The van der Waals surface area contributed by atoms with E-state index in [-0.39, 0.29) is 5.56 Å². The van der Waals surface area contributed by atoms with Crippen molar-refractivity contribution in [2.75, 3.05) is 10.8 Å². The van der Waals surface area contributed by atoms with Crippen LogP contribution in [0.3, 0.4) is 0 Å². The number of halogens is 1. The van der Waals surface area contributed by atoms with Gasteiger partial charge in [0.2, 0.25) is 0 Å². The van der Waals surface area contributed by atoms with Crippen molar-refractivity contribution in [2.45, 2.75) is 0 Å². The zero-order chi connectivity index (χ0) is 13.0. The second-order valence-corrected chi connectivity index (χ2v) is 3.47. The molecule has 0 spiro atoms. The molecule has 18 heavy (non-hydrogen) atoms. The van der Waals surface area contributed by atoms with Gasteiger partial charge in [-0.05, 0) is 24.3 Å². The summed E-state index contributed by atoms with van der Waals surface area (Å²) in [5, 5.41) is 20.4. The molecular formula is C12H9FN4O. The van der Waals surface area contributed by atoms with Crippen LogP contribution in [0, 0.1) is 17.1 Å². The fourth-order valence-electron chi connectivity index (χ4n) is 1.41. The maximum Gasteiger partial charge on any atom is 0.141 e. The molecule has 0 aliphatic rings. The normalized spacial score (nSPS) is 9.61. The highest BCUT2D eigenvalue weighted by Crippen LogP contribution is 2.19. The molecule has 0 saturated carbocycles. The van der Waals surface area contributed by atoms with E-state index in [0.717, 1.165) is 0 Å². The first-order valence-corrected chi connectivity index (χ1v) is 5.06. The van der Waals surface area contributed by atoms with Gasteiger partial charge in [-0.2, -0.15) is 5.26 Å². The van der Waals surface area contributed by atoms with E-state index in [0.29, 0.717) is 17.2 Å². The van der Waals surface area contributed by atoms with E-state index in [1.165, 1.54) is 24.4 Å². The topological polar surface area (TPSA) is 81.0 Å². The Morgan fingerprint density at radius 1 is 1.22 bits per heavy atom. The molecule has 0 aliphatic carbocycles. The van der Waals surface area contributed by atoms with Gasteiger partial charge in [-0.25, -0.2) is 9.37 Å². The van der Waals surface area contributed by atoms with Gasteiger partial charge in [-0.1, -0.05) is 0 Å². The lowest BCUT2D eigenvalue weighted by Crippen LogP contribution is -1.97. The second-order valence-electron chi connectivity index (χ2n) is 3.47. The van der Waals surface area contributed by atoms with E-state index < -0.39 is 5.82 Å². The van der Waals surface area contributed by atoms with Crippen LogP contribution < -0.4 is 10.8 Å². The number of anilines is 3. The molecule has 2 aromatic rings. The lowest BCUT2D eigenvalue weighted by Gasteiger charge is -2.07. The predicted octanol–water partition coefficient (Wildman–Crippen LogP) is 2.64. The number of nitrogens with one attached hydrogen (secondary N) is 2. The Kier molecular flexibility index (Phi) is 3.36. The molecule has 0 unspecified atom stereocenters. The average Bonchev–Trinajstić information content (AvgIpc) is 2.41. The Balaban J connectivity index is 2.26. The molecule has 2 rings (SSSR count). The first kappa shape index (κ1) is 11.8. The summed E-state index contributed by atoms with van der Waals surface area (Å²) >= 11 is 0. The summed E-state index contributed by atoms with van der Waals surface area (Å²) in [4.78, 5) is 4.02. The van der Waals surface area contributed by atoms with Gasteiger partial charge in [0, 0.05) is 18.0 Å². The average molecular weight is 244 g/mol. The first-order chi connectivity index (χ1) is 8.72. The van der Waals surface area contributed by atoms with Crippen molar-refractivity contribution in [3.8, 4) is 6.07 Å². The molecule has 0 amide bonds. The Morgan fingerprint density at radius 3 is 2.78 bits per heavy atom. The third kappa shape index (κ3) is 2.53. The predicted molar refractivity (Wildman–Crippen MR) is 64.0 cm³/mol. The van der Waals surface area contributed by atoms with Gasteiger partial charge in [-0.15, -0.1) is 0 Å². The monoisotopic (exact) mass is 244 g/mol. The number of nitriles is 1. The van der Waals surface area contributed by atoms with Crippen LogP contribution in [0.4, 0.5) is 21.6 Å². The highest BCUT2D eigenvalue weighted by Gasteiger charge is 2.03. The molecule has 3 N–H and O–H groups in total. The lowest BCUT2D eigenvalue weighted by atomic mass is 10.2. The number of pyridine rings is 1. The molecule has 5 nitrogen and oxygen atoms in total. The fraction of sp³-hybridized carbons (Fsp3) is 0. The van der Waals surface area contributed by atoms with Crippen LogP contribution in [0.2, 0.25) is 0 Å². The van der Waals surface area contributed by atoms with Crippen molar-refractivity contribution in [2.24, 2.45) is 0 Å². The standard InChI is InChI=1S/C12H9FN4O/c13-11-2-1-9(5-8(11)7-14)16-12-6-10(17-18)3-4-15-12/h1-6,18H,(H2,15,16,17). The molecule has 6 heteroatoms. The van der Waals surface area contributed by atoms with Gasteiger partial charge in [-0.3, -0.25) is 10.7 Å². The Hall–Kier alpha value is -2.65. The summed E-state index contributed by atoms with van der Waals surface area (Å²) in [7, 11) is 0. The van der Waals surface area contributed by atoms with Crippen molar-refractivity contribution in [1.82, 2.24) is 4.98 Å². The summed E-state index contributed by atoms with van der Waals surface area (Å²) in [5.74, 6) is -0.105. The molecule has 0 radical (unpaired) electrons. The summed E-state index contributed by atoms with van der Waals surface area (Å²) in [6.07, 6.45) is 1.50. The van der Waals surface area contributed by atoms with Crippen molar-refractivity contribution in [1.29, 1.82) is 5.26 Å². The van der Waals surface area contributed by atoms with Gasteiger partial charge >= 0.3 is 0 Å². The molecule has 0 aliphatic heterocycles. The highest BCUT2D eigenvalue weighted by atomic mass is 19.1. The van der Waals surface area contributed by atoms with Crippen molar-refractivity contribution >= 4 is 17.2 Å². The van der Waals surface area contributed by atoms with Gasteiger partial charge in [0.15, 0.2) is 0 Å². The van der Waals surface area contributed by atoms with E-state index in [4.69, 9.17) is 10.5 Å². The zero-order valence-corrected chi connectivity index (χ0v) is 9.18. The molecule has 0 atom stereocenters. The van der Waals surface area contributed by atoms with E-state index in [1.54, 1.807) is 18.2 Å². The first-order valence-electron chi connectivity index (χ1n) is 5.06. The summed E-state index contributed by atoms with van der Waals surface area (Å²) < 4.78 is 13.1. The maximum atomic E-state index is 13.1. The van der Waals surface area contributed by atoms with Crippen LogP contribution >= 0.6 is 0 Å². The molecular weight excluding hydrogens is 235 g/mol. The minimum absolute atomic E-state index is 0.0450. The third-order valence-electron chi connectivity index (χ3n) is 2.25. The molecule has 1 aromatic heterocycles. The third-order valence-corrected chi connectivity index (χ3v) is 2.25. The van der Waals surface area contributed by atoms with Gasteiger partial charge < -0.3 is 5.32 Å². The fourth-order valence-corrected chi connectivity index (χ4v) is 1.41. The molecule has 0 saturated heterocycles. The van der Waals surface area contributed by atoms with Crippen molar-refractivity contribution < 1.29 is 9.60 Å². The number of benzene rings is 1. The van der Waals surface area contributed by atoms with Crippen LogP contribution in [0.25, 0.3) is 0 Å². The largest absolute Gasteiger partial charge is 0.340 e. The van der Waals surface area contributed by atoms with E-state index in [1.807, 2.05) is 5.48 Å². The lowest BCUT2D eigenvalue weighted by molar-refractivity contribution is 0.389. The SMILES string of the molecule is N#Cc1cc(Nc2cc(NO)ccn2)ccc1F. The van der Waals surface area contributed by atoms with E-state index in [2.05, 4.69) is 10.3 Å². The number of hydrogen-bond donors (Lipinski definition) is 3. The van der Waals surface area contributed by atoms with Crippen LogP contribution in [0.15, 0.2) is 36.5 Å². The minimum Gasteiger partial charge on any atom is -0.340 e. The smallest absolute Gasteiger partial charge is 0.141 e. The number of aromatic nitrogens is 1. The van der Waals surface area contributed by atoms with E-state index >= 15 is 0 Å². The molecule has 90 valence electrons. The Labute approximate surface area is 102 Å². The van der Waals surface area contributed by atoms with Crippen molar-refractivity contribution in [3.63, 3.8) is 0 Å². The van der Waals surface area contributed by atoms with Crippen molar-refractivity contribution in [3.05, 3.63) is 47.9 Å². The Morgan fingerprint density at radius 2 is 2.06 bits per heavy atom. The number of rotatable bonds is 3. The molecule has 1 aromatic carbocycles. The van der Waals surface area contributed by atoms with Gasteiger partial charge in [0.25, 0.3) is 0 Å². The molecule has 0 fully saturated rings. The Bertz CT molecular complexity index is 609. The van der Waals surface area contributed by atoms with Crippen LogP contribution in [0.1, 0.15) is 5.56 Å². The zero-order valence-electron chi connectivity index (χ0n) is 9.18. The minimum atomic E-state index is -0.568. The van der Waals surface area contributed by atoms with E-state index in [9.17, 15) is 4.39 Å². The molecule has 0 bridgehead atoms. The summed E-state index contributed by atoms with van der Waals surface area (Å²) in [6.45, 7) is 0. The van der Waals surface area contributed by atoms with Gasteiger partial charge in [0.05, 0.1) is 11.3 Å². The summed E-state index contributed by atoms with van der Waals surface area (Å²) in [6, 6.07) is 8.99. The quantitative estimate of drug-likeness (QED) is 0.723.